The third-order valence-corrected chi connectivity index (χ3v) is 10.0. The maximum Gasteiger partial charge on any atom is 0.410 e. The Morgan fingerprint density at radius 3 is 2.50 bits per heavy atom. The van der Waals surface area contributed by atoms with Gasteiger partial charge in [0.15, 0.2) is 0 Å². The number of fused-ring (bicyclic) bond motifs is 1. The third-order valence-electron chi connectivity index (χ3n) is 9.47. The van der Waals surface area contributed by atoms with Crippen molar-refractivity contribution in [3.8, 4) is 17.0 Å². The minimum Gasteiger partial charge on any atom is -0.493 e. The fourth-order valence-corrected chi connectivity index (χ4v) is 7.19. The summed E-state index contributed by atoms with van der Waals surface area (Å²) in [7, 11) is 0. The third kappa shape index (κ3) is 7.33. The highest BCUT2D eigenvalue weighted by Crippen LogP contribution is 2.37. The van der Waals surface area contributed by atoms with Crippen LogP contribution in [0.15, 0.2) is 47.1 Å². The van der Waals surface area contributed by atoms with E-state index in [0.29, 0.717) is 31.9 Å². The molecule has 1 aliphatic carbocycles. The summed E-state index contributed by atoms with van der Waals surface area (Å²) in [6, 6.07) is 10.6. The Morgan fingerprint density at radius 1 is 1.04 bits per heavy atom. The normalized spacial score (nSPS) is 19.8. The predicted octanol–water partition coefficient (Wildman–Crippen LogP) is 7.03. The summed E-state index contributed by atoms with van der Waals surface area (Å²) in [5.41, 5.74) is 4.82. The monoisotopic (exact) mass is 721 g/mol. The summed E-state index contributed by atoms with van der Waals surface area (Å²) in [6.45, 7) is 9.24. The molecule has 48 heavy (non-hydrogen) atoms. The lowest BCUT2D eigenvalue weighted by molar-refractivity contribution is -0.136. The highest BCUT2D eigenvalue weighted by atomic mass is 79.9. The van der Waals surface area contributed by atoms with E-state index in [1.165, 1.54) is 0 Å². The number of likely N-dealkylation sites (tertiary alicyclic amines) is 1. The van der Waals surface area contributed by atoms with Gasteiger partial charge in [0.05, 0.1) is 37.6 Å². The van der Waals surface area contributed by atoms with Crippen molar-refractivity contribution in [2.45, 2.75) is 97.2 Å². The number of alkyl carbamates (subject to hydrolysis) is 1. The summed E-state index contributed by atoms with van der Waals surface area (Å²) in [5.74, 6) is 0.920. The molecule has 2 N–H and O–H groups in total. The number of benzene rings is 2. The number of amides is 3. The molecule has 12 heteroatoms. The minimum absolute atomic E-state index is 0.123. The smallest absolute Gasteiger partial charge is 0.410 e. The lowest BCUT2D eigenvalue weighted by atomic mass is 10.0. The first-order valence-corrected chi connectivity index (χ1v) is 17.7. The van der Waals surface area contributed by atoms with Crippen molar-refractivity contribution < 1.29 is 28.6 Å². The van der Waals surface area contributed by atoms with E-state index >= 15 is 0 Å². The fraction of sp³-hybridized carbons (Fsp3) is 0.500. The number of nitrogens with zero attached hydrogens (tertiary/aromatic N) is 3. The van der Waals surface area contributed by atoms with Gasteiger partial charge in [-0.25, -0.2) is 14.6 Å². The second-order valence-electron chi connectivity index (χ2n) is 13.3. The van der Waals surface area contributed by atoms with Crippen LogP contribution in [0.5, 0.6) is 5.75 Å². The second kappa shape index (κ2) is 14.6. The van der Waals surface area contributed by atoms with E-state index in [4.69, 9.17) is 14.2 Å². The molecule has 256 valence electrons. The maximum absolute atomic E-state index is 14.3. The number of halogens is 1. The van der Waals surface area contributed by atoms with E-state index in [2.05, 4.69) is 31.2 Å². The van der Waals surface area contributed by atoms with Gasteiger partial charge in [0.2, 0.25) is 5.91 Å². The molecule has 2 aliphatic heterocycles. The molecule has 2 aromatic carbocycles. The average Bonchev–Trinajstić information content (AvgIpc) is 3.88. The molecule has 3 aliphatic rings. The number of hydrogen-bond donors (Lipinski definition) is 2. The van der Waals surface area contributed by atoms with Crippen molar-refractivity contribution in [2.75, 3.05) is 13.2 Å². The van der Waals surface area contributed by atoms with E-state index in [1.807, 2.05) is 64.1 Å². The standard InChI is InChI=1S/C36H44BrN5O6/c1-5-46-32-22(4)10-11-24-18-41(20-28(24)32)36(45)48-27-16-30(33-38-17-29(39-33)23-12-14-25(37)15-13-23)42(19-27)34(43)31(21(2)3)40-35(44)47-26-8-6-7-9-26/h10-15,17,21,26-27,30-31H,5-9,16,18-20H2,1-4H3,(H,38,39)(H,40,44)/t27-,30+,31+/m1/s1. The minimum atomic E-state index is -0.829. The summed E-state index contributed by atoms with van der Waals surface area (Å²) in [5, 5.41) is 2.84. The molecule has 3 amide bonds. The molecule has 11 nitrogen and oxygen atoms in total. The van der Waals surface area contributed by atoms with Crippen molar-refractivity contribution in [3.63, 3.8) is 0 Å². The van der Waals surface area contributed by atoms with Gasteiger partial charge in [-0.15, -0.1) is 0 Å². The Balaban J connectivity index is 1.21. The Labute approximate surface area is 289 Å². The molecule has 6 rings (SSSR count). The van der Waals surface area contributed by atoms with Crippen LogP contribution in [0.4, 0.5) is 9.59 Å². The Kier molecular flexibility index (Phi) is 10.3. The van der Waals surface area contributed by atoms with Gasteiger partial charge in [0.1, 0.15) is 29.8 Å². The summed E-state index contributed by atoms with van der Waals surface area (Å²) in [6.07, 6.45) is 4.10. The highest BCUT2D eigenvalue weighted by molar-refractivity contribution is 9.10. The molecular formula is C36H44BrN5O6. The second-order valence-corrected chi connectivity index (χ2v) is 14.2. The van der Waals surface area contributed by atoms with Gasteiger partial charge < -0.3 is 29.4 Å². The number of carbonyl (C=O) groups excluding carboxylic acids is 3. The molecule has 2 fully saturated rings. The predicted molar refractivity (Wildman–Crippen MR) is 183 cm³/mol. The van der Waals surface area contributed by atoms with Gasteiger partial charge in [0.25, 0.3) is 0 Å². The number of nitrogens with one attached hydrogen (secondary N) is 2. The lowest BCUT2D eigenvalue weighted by Gasteiger charge is -2.30. The Bertz CT molecular complexity index is 1640. The van der Waals surface area contributed by atoms with Crippen LogP contribution in [-0.2, 0) is 27.4 Å². The molecule has 0 radical (unpaired) electrons. The first-order chi connectivity index (χ1) is 23.1. The first kappa shape index (κ1) is 33.8. The van der Waals surface area contributed by atoms with Crippen LogP contribution in [0, 0.1) is 12.8 Å². The molecule has 3 aromatic rings. The van der Waals surface area contributed by atoms with Crippen LogP contribution in [0.25, 0.3) is 11.3 Å². The molecular weight excluding hydrogens is 678 g/mol. The lowest BCUT2D eigenvalue weighted by Crippen LogP contribution is -2.52. The van der Waals surface area contributed by atoms with E-state index in [-0.39, 0.29) is 24.5 Å². The van der Waals surface area contributed by atoms with E-state index in [9.17, 15) is 14.4 Å². The number of rotatable bonds is 9. The van der Waals surface area contributed by atoms with Crippen molar-refractivity contribution in [1.29, 1.82) is 0 Å². The van der Waals surface area contributed by atoms with Gasteiger partial charge in [-0.1, -0.05) is 54.0 Å². The van der Waals surface area contributed by atoms with Gasteiger partial charge in [-0.2, -0.15) is 0 Å². The SMILES string of the molecule is CCOc1c(C)ccc2c1CN(C(=O)O[C@@H]1C[C@@H](c3ncc(-c4ccc(Br)cc4)[nH]3)N(C(=O)[C@@H](NC(=O)OC3CCCC3)C(C)C)C1)C2. The number of aromatic amines is 1. The van der Waals surface area contributed by atoms with Crippen molar-refractivity contribution >= 4 is 34.0 Å². The van der Waals surface area contributed by atoms with Crippen molar-refractivity contribution in [2.24, 2.45) is 5.92 Å². The van der Waals surface area contributed by atoms with Crippen LogP contribution in [0.3, 0.4) is 0 Å². The number of imidazole rings is 1. The Hall–Kier alpha value is -4.06. The molecule has 1 saturated carbocycles. The van der Waals surface area contributed by atoms with Gasteiger partial charge in [-0.3, -0.25) is 9.69 Å². The highest BCUT2D eigenvalue weighted by Gasteiger charge is 2.44. The van der Waals surface area contributed by atoms with Gasteiger partial charge in [0, 0.05) is 23.0 Å². The summed E-state index contributed by atoms with van der Waals surface area (Å²) < 4.78 is 18.6. The summed E-state index contributed by atoms with van der Waals surface area (Å²) in [4.78, 5) is 52.2. The van der Waals surface area contributed by atoms with Crippen LogP contribution >= 0.6 is 15.9 Å². The molecule has 0 bridgehead atoms. The van der Waals surface area contributed by atoms with Crippen LogP contribution in [0.1, 0.15) is 81.4 Å². The first-order valence-electron chi connectivity index (χ1n) is 16.9. The topological polar surface area (TPSA) is 126 Å². The summed E-state index contributed by atoms with van der Waals surface area (Å²) >= 11 is 3.48. The molecule has 0 unspecified atom stereocenters. The molecule has 3 heterocycles. The number of aryl methyl sites for hydroxylation is 1. The zero-order chi connectivity index (χ0) is 33.9. The quantitative estimate of drug-likeness (QED) is 0.243. The van der Waals surface area contributed by atoms with Gasteiger partial charge >= 0.3 is 12.2 Å². The van der Waals surface area contributed by atoms with E-state index in [1.54, 1.807) is 16.0 Å². The van der Waals surface area contributed by atoms with E-state index in [0.717, 1.165) is 63.9 Å². The van der Waals surface area contributed by atoms with E-state index < -0.39 is 30.4 Å². The van der Waals surface area contributed by atoms with Crippen LogP contribution < -0.4 is 10.1 Å². The number of carbonyl (C=O) groups is 3. The molecule has 1 aromatic heterocycles. The van der Waals surface area contributed by atoms with Gasteiger partial charge in [-0.05, 0) is 74.3 Å². The number of aromatic nitrogens is 2. The number of hydrogen-bond acceptors (Lipinski definition) is 7. The number of H-pyrrole nitrogens is 1. The van der Waals surface area contributed by atoms with Crippen molar-refractivity contribution in [3.05, 3.63) is 69.6 Å². The Morgan fingerprint density at radius 2 is 1.79 bits per heavy atom. The largest absolute Gasteiger partial charge is 0.493 e. The average molecular weight is 723 g/mol. The van der Waals surface area contributed by atoms with Crippen LogP contribution in [-0.4, -0.2) is 69.3 Å². The zero-order valence-electron chi connectivity index (χ0n) is 28.0. The maximum atomic E-state index is 14.3. The molecule has 0 spiro atoms. The molecule has 3 atom stereocenters. The van der Waals surface area contributed by atoms with Crippen LogP contribution in [0.2, 0.25) is 0 Å². The molecule has 1 saturated heterocycles. The fourth-order valence-electron chi connectivity index (χ4n) is 6.93. The van der Waals surface area contributed by atoms with Crippen molar-refractivity contribution in [1.82, 2.24) is 25.1 Å². The zero-order valence-corrected chi connectivity index (χ0v) is 29.5. The number of ether oxygens (including phenoxy) is 3.